The van der Waals surface area contributed by atoms with E-state index in [0.29, 0.717) is 5.56 Å². The zero-order valence-electron chi connectivity index (χ0n) is 9.52. The number of carbonyl (C=O) groups excluding carboxylic acids is 1. The molecule has 0 aliphatic rings. The van der Waals surface area contributed by atoms with Gasteiger partial charge in [0.2, 0.25) is 0 Å². The van der Waals surface area contributed by atoms with Gasteiger partial charge in [0.25, 0.3) is 0 Å². The monoisotopic (exact) mass is 245 g/mol. The zero-order valence-corrected chi connectivity index (χ0v) is 10.3. The summed E-state index contributed by atoms with van der Waals surface area (Å²) in [6.45, 7) is 1.61. The van der Waals surface area contributed by atoms with Crippen molar-refractivity contribution in [2.75, 3.05) is 14.2 Å². The van der Waals surface area contributed by atoms with E-state index in [2.05, 4.69) is 4.74 Å². The molecule has 1 aromatic rings. The second-order valence-electron chi connectivity index (χ2n) is 3.42. The predicted molar refractivity (Wildman–Crippen MR) is 63.8 cm³/mol. The topological polar surface area (TPSA) is 61.5 Å². The molecule has 0 saturated carbocycles. The van der Waals surface area contributed by atoms with E-state index in [1.165, 1.54) is 7.11 Å². The lowest BCUT2D eigenvalue weighted by atomic mass is 9.93. The van der Waals surface area contributed by atoms with Gasteiger partial charge in [-0.25, -0.2) is 4.79 Å². The molecule has 1 aromatic carbocycles. The molecule has 0 bridgehead atoms. The molecule has 0 amide bonds. The second kappa shape index (κ2) is 5.72. The van der Waals surface area contributed by atoms with Gasteiger partial charge in [-0.1, -0.05) is 12.1 Å². The fourth-order valence-corrected chi connectivity index (χ4v) is 1.27. The van der Waals surface area contributed by atoms with Crippen LogP contribution >= 0.6 is 12.4 Å². The number of halogens is 1. The van der Waals surface area contributed by atoms with Crippen LogP contribution in [-0.2, 0) is 15.1 Å². The largest absolute Gasteiger partial charge is 0.497 e. The molecule has 1 rings (SSSR count). The molecule has 5 heteroatoms. The average Bonchev–Trinajstić information content (AvgIpc) is 2.28. The summed E-state index contributed by atoms with van der Waals surface area (Å²) in [5.74, 6) is 0.257. The normalized spacial score (nSPS) is 13.2. The smallest absolute Gasteiger partial charge is 0.330 e. The van der Waals surface area contributed by atoms with Crippen molar-refractivity contribution in [1.82, 2.24) is 0 Å². The standard InChI is InChI=1S/C11H15NO3.ClH/c1-11(12,10(13)15-3)8-4-6-9(14-2)7-5-8;/h4-7H,12H2,1-3H3;1H/t11-;/m0./s1. The van der Waals surface area contributed by atoms with Gasteiger partial charge in [0.1, 0.15) is 11.3 Å². The number of benzene rings is 1. The minimum atomic E-state index is -1.12. The van der Waals surface area contributed by atoms with E-state index in [-0.39, 0.29) is 12.4 Å². The van der Waals surface area contributed by atoms with Crippen molar-refractivity contribution in [2.24, 2.45) is 5.73 Å². The van der Waals surface area contributed by atoms with Gasteiger partial charge >= 0.3 is 5.97 Å². The highest BCUT2D eigenvalue weighted by Crippen LogP contribution is 2.21. The summed E-state index contributed by atoms with van der Waals surface area (Å²) >= 11 is 0. The van der Waals surface area contributed by atoms with E-state index >= 15 is 0 Å². The Bertz CT molecular complexity index is 349. The van der Waals surface area contributed by atoms with Gasteiger partial charge < -0.3 is 15.2 Å². The first-order valence-electron chi connectivity index (χ1n) is 4.54. The molecule has 0 radical (unpaired) electrons. The maximum absolute atomic E-state index is 11.4. The summed E-state index contributed by atoms with van der Waals surface area (Å²) in [6.07, 6.45) is 0. The number of ether oxygens (including phenoxy) is 2. The van der Waals surface area contributed by atoms with E-state index in [9.17, 15) is 4.79 Å². The van der Waals surface area contributed by atoms with Crippen LogP contribution in [0.25, 0.3) is 0 Å². The number of nitrogens with two attached hydrogens (primary N) is 1. The fourth-order valence-electron chi connectivity index (χ4n) is 1.27. The first kappa shape index (κ1) is 14.7. The molecule has 2 N–H and O–H groups in total. The first-order valence-corrected chi connectivity index (χ1v) is 4.54. The van der Waals surface area contributed by atoms with Crippen LogP contribution in [0.1, 0.15) is 12.5 Å². The van der Waals surface area contributed by atoms with Gasteiger partial charge in [-0.3, -0.25) is 0 Å². The van der Waals surface area contributed by atoms with Crippen molar-refractivity contribution in [3.63, 3.8) is 0 Å². The van der Waals surface area contributed by atoms with Crippen molar-refractivity contribution < 1.29 is 14.3 Å². The van der Waals surface area contributed by atoms with Crippen molar-refractivity contribution in [3.05, 3.63) is 29.8 Å². The molecule has 0 heterocycles. The molecule has 0 aromatic heterocycles. The van der Waals surface area contributed by atoms with E-state index in [1.54, 1.807) is 38.3 Å². The van der Waals surface area contributed by atoms with Crippen LogP contribution < -0.4 is 10.5 Å². The van der Waals surface area contributed by atoms with Crippen LogP contribution in [0.5, 0.6) is 5.75 Å². The minimum absolute atomic E-state index is 0. The summed E-state index contributed by atoms with van der Waals surface area (Å²) in [7, 11) is 2.90. The Labute approximate surface area is 101 Å². The van der Waals surface area contributed by atoms with Gasteiger partial charge in [0.05, 0.1) is 14.2 Å². The van der Waals surface area contributed by atoms with Crippen LogP contribution in [-0.4, -0.2) is 20.2 Å². The van der Waals surface area contributed by atoms with Crippen LogP contribution in [0.2, 0.25) is 0 Å². The third kappa shape index (κ3) is 2.87. The van der Waals surface area contributed by atoms with Crippen molar-refractivity contribution in [1.29, 1.82) is 0 Å². The maximum atomic E-state index is 11.4. The first-order chi connectivity index (χ1) is 7.02. The molecule has 0 aliphatic heterocycles. The highest BCUT2D eigenvalue weighted by atomic mass is 35.5. The van der Waals surface area contributed by atoms with Crippen LogP contribution in [0.15, 0.2) is 24.3 Å². The van der Waals surface area contributed by atoms with Crippen LogP contribution in [0.3, 0.4) is 0 Å². The average molecular weight is 246 g/mol. The van der Waals surface area contributed by atoms with Gasteiger partial charge in [-0.05, 0) is 24.6 Å². The van der Waals surface area contributed by atoms with Crippen LogP contribution in [0.4, 0.5) is 0 Å². The van der Waals surface area contributed by atoms with E-state index < -0.39 is 11.5 Å². The molecule has 16 heavy (non-hydrogen) atoms. The summed E-state index contributed by atoms with van der Waals surface area (Å²) in [4.78, 5) is 11.4. The fraction of sp³-hybridized carbons (Fsp3) is 0.364. The predicted octanol–water partition coefficient (Wildman–Crippen LogP) is 1.46. The van der Waals surface area contributed by atoms with E-state index in [4.69, 9.17) is 10.5 Å². The zero-order chi connectivity index (χ0) is 11.5. The van der Waals surface area contributed by atoms with Gasteiger partial charge in [0, 0.05) is 0 Å². The molecule has 0 unspecified atom stereocenters. The summed E-state index contributed by atoms with van der Waals surface area (Å²) in [5.41, 5.74) is 5.43. The van der Waals surface area contributed by atoms with Crippen molar-refractivity contribution in [3.8, 4) is 5.75 Å². The Hall–Kier alpha value is -1.26. The minimum Gasteiger partial charge on any atom is -0.497 e. The lowest BCUT2D eigenvalue weighted by Crippen LogP contribution is -2.42. The Kier molecular flexibility index (Phi) is 5.27. The van der Waals surface area contributed by atoms with Gasteiger partial charge in [-0.2, -0.15) is 0 Å². The molecule has 0 spiro atoms. The quantitative estimate of drug-likeness (QED) is 0.819. The Morgan fingerprint density at radius 2 is 1.75 bits per heavy atom. The SMILES string of the molecule is COC(=O)[C@@](C)(N)c1ccc(OC)cc1.Cl. The van der Waals surface area contributed by atoms with Gasteiger partial charge in [0.15, 0.2) is 0 Å². The van der Waals surface area contributed by atoms with E-state index in [1.807, 2.05) is 0 Å². The third-order valence-corrected chi connectivity index (χ3v) is 2.30. The lowest BCUT2D eigenvalue weighted by Gasteiger charge is -2.21. The van der Waals surface area contributed by atoms with E-state index in [0.717, 1.165) is 5.75 Å². The lowest BCUT2D eigenvalue weighted by molar-refractivity contribution is -0.146. The molecule has 0 aliphatic carbocycles. The highest BCUT2D eigenvalue weighted by molar-refractivity contribution is 5.85. The summed E-state index contributed by atoms with van der Waals surface area (Å²) in [5, 5.41) is 0. The Morgan fingerprint density at radius 1 is 1.25 bits per heavy atom. The molecule has 1 atom stereocenters. The molecule has 4 nitrogen and oxygen atoms in total. The Balaban J connectivity index is 0.00000225. The molecule has 0 saturated heterocycles. The molecular formula is C11H16ClNO3. The third-order valence-electron chi connectivity index (χ3n) is 2.30. The number of carbonyl (C=O) groups is 1. The maximum Gasteiger partial charge on any atom is 0.330 e. The number of hydrogen-bond donors (Lipinski definition) is 1. The number of esters is 1. The number of hydrogen-bond acceptors (Lipinski definition) is 4. The van der Waals surface area contributed by atoms with Gasteiger partial charge in [-0.15, -0.1) is 12.4 Å². The van der Waals surface area contributed by atoms with Crippen molar-refractivity contribution in [2.45, 2.75) is 12.5 Å². The Morgan fingerprint density at radius 3 is 2.12 bits per heavy atom. The highest BCUT2D eigenvalue weighted by Gasteiger charge is 2.31. The number of rotatable bonds is 3. The summed E-state index contributed by atoms with van der Waals surface area (Å²) < 4.78 is 9.64. The second-order valence-corrected chi connectivity index (χ2v) is 3.42. The van der Waals surface area contributed by atoms with Crippen LogP contribution in [0, 0.1) is 0 Å². The molecular weight excluding hydrogens is 230 g/mol. The summed E-state index contributed by atoms with van der Waals surface area (Å²) in [6, 6.07) is 7.00. The number of methoxy groups -OCH3 is 2. The van der Waals surface area contributed by atoms with Crippen molar-refractivity contribution >= 4 is 18.4 Å². The molecule has 0 fully saturated rings. The molecule has 90 valence electrons.